The number of carbonyl (C=O) groups excluding carboxylic acids is 2. The van der Waals surface area contributed by atoms with Gasteiger partial charge in [-0.3, -0.25) is 0 Å². The topological polar surface area (TPSA) is 52.6 Å². The summed E-state index contributed by atoms with van der Waals surface area (Å²) < 4.78 is 9.59. The van der Waals surface area contributed by atoms with Crippen molar-refractivity contribution in [3.05, 3.63) is 46.5 Å². The number of hydrogen-bond acceptors (Lipinski definition) is 4. The van der Waals surface area contributed by atoms with E-state index in [1.165, 1.54) is 6.08 Å². The maximum absolute atomic E-state index is 11.7. The van der Waals surface area contributed by atoms with Gasteiger partial charge in [0.2, 0.25) is 0 Å². The lowest BCUT2D eigenvalue weighted by atomic mass is 10.2. The Hall–Kier alpha value is -2.25. The average Bonchev–Trinajstić information content (AvgIpc) is 2.44. The second-order valence-electron chi connectivity index (χ2n) is 3.78. The fourth-order valence-corrected chi connectivity index (χ4v) is 1.57. The van der Waals surface area contributed by atoms with Crippen molar-refractivity contribution in [2.75, 3.05) is 13.2 Å². The number of allylic oxidation sites excluding steroid dienone is 1. The predicted molar refractivity (Wildman–Crippen MR) is 79.7 cm³/mol. The highest BCUT2D eigenvalue weighted by Crippen LogP contribution is 2.09. The van der Waals surface area contributed by atoms with Gasteiger partial charge in [0.1, 0.15) is 0 Å². The largest absolute Gasteiger partial charge is 0.462 e. The molecule has 4 nitrogen and oxygen atoms in total. The Morgan fingerprint density at radius 3 is 2.33 bits per heavy atom. The molecule has 0 aliphatic rings. The van der Waals surface area contributed by atoms with Gasteiger partial charge in [-0.15, -0.1) is 0 Å². The Balaban J connectivity index is 2.98. The smallest absolute Gasteiger partial charge is 0.346 e. The number of rotatable bonds is 4. The molecule has 0 spiro atoms. The van der Waals surface area contributed by atoms with E-state index in [0.717, 1.165) is 0 Å². The fraction of sp³-hybridized carbons (Fsp3) is 0.250. The molecule has 0 saturated heterocycles. The highest BCUT2D eigenvalue weighted by atomic mass is 35.5. The van der Waals surface area contributed by atoms with Gasteiger partial charge in [-0.25, -0.2) is 9.59 Å². The third kappa shape index (κ3) is 5.72. The monoisotopic (exact) mass is 306 g/mol. The van der Waals surface area contributed by atoms with Crippen LogP contribution in [0.25, 0.3) is 0 Å². The maximum Gasteiger partial charge on any atom is 0.346 e. The molecule has 0 N–H and O–H groups in total. The van der Waals surface area contributed by atoms with Gasteiger partial charge in [0, 0.05) is 16.7 Å². The molecule has 0 saturated carbocycles. The minimum Gasteiger partial charge on any atom is -0.462 e. The molecule has 1 rings (SSSR count). The molecule has 1 aromatic rings. The van der Waals surface area contributed by atoms with Crippen molar-refractivity contribution in [2.45, 2.75) is 13.8 Å². The molecular formula is C16H15ClO4. The van der Waals surface area contributed by atoms with Crippen molar-refractivity contribution >= 4 is 23.5 Å². The Morgan fingerprint density at radius 1 is 1.19 bits per heavy atom. The van der Waals surface area contributed by atoms with Crippen molar-refractivity contribution in [1.82, 2.24) is 0 Å². The minimum atomic E-state index is -0.753. The first-order chi connectivity index (χ1) is 10.1. The van der Waals surface area contributed by atoms with Crippen LogP contribution >= 0.6 is 11.6 Å². The average molecular weight is 307 g/mol. The molecule has 0 fully saturated rings. The summed E-state index contributed by atoms with van der Waals surface area (Å²) in [6.07, 6.45) is 1.19. The standard InChI is InChI=1S/C16H15ClO4/c1-3-20-15(18)14(16(19)21-4-2)10-6-8-12-7-5-9-13(17)11-12/h5,7,9-11H,3-4H2,1-2H3. The first-order valence-electron chi connectivity index (χ1n) is 6.40. The van der Waals surface area contributed by atoms with E-state index in [1.54, 1.807) is 38.1 Å². The van der Waals surface area contributed by atoms with Crippen LogP contribution in [-0.4, -0.2) is 25.2 Å². The first-order valence-corrected chi connectivity index (χ1v) is 6.77. The summed E-state index contributed by atoms with van der Waals surface area (Å²) in [5.41, 5.74) is 0.444. The van der Waals surface area contributed by atoms with Crippen molar-refractivity contribution < 1.29 is 19.1 Å². The van der Waals surface area contributed by atoms with Crippen LogP contribution in [0.4, 0.5) is 0 Å². The van der Waals surface area contributed by atoms with Gasteiger partial charge in [-0.1, -0.05) is 29.5 Å². The fourth-order valence-electron chi connectivity index (χ4n) is 1.38. The van der Waals surface area contributed by atoms with Crippen molar-refractivity contribution in [2.24, 2.45) is 0 Å². The first kappa shape index (κ1) is 16.8. The summed E-state index contributed by atoms with van der Waals surface area (Å²) in [4.78, 5) is 23.4. The van der Waals surface area contributed by atoms with Gasteiger partial charge >= 0.3 is 11.9 Å². The van der Waals surface area contributed by atoms with E-state index in [-0.39, 0.29) is 18.8 Å². The van der Waals surface area contributed by atoms with Gasteiger partial charge in [-0.05, 0) is 32.0 Å². The number of ether oxygens (including phenoxy) is 2. The van der Waals surface area contributed by atoms with Crippen LogP contribution in [0.3, 0.4) is 0 Å². The van der Waals surface area contributed by atoms with Crippen LogP contribution in [0.2, 0.25) is 5.02 Å². The molecule has 0 unspecified atom stereocenters. The van der Waals surface area contributed by atoms with Crippen molar-refractivity contribution in [3.63, 3.8) is 0 Å². The van der Waals surface area contributed by atoms with E-state index in [2.05, 4.69) is 11.8 Å². The second-order valence-corrected chi connectivity index (χ2v) is 4.22. The molecule has 0 heterocycles. The second kappa shape index (κ2) is 8.83. The van der Waals surface area contributed by atoms with Crippen LogP contribution in [0.15, 0.2) is 35.9 Å². The van der Waals surface area contributed by atoms with Crippen molar-refractivity contribution in [3.8, 4) is 11.8 Å². The molecule has 5 heteroatoms. The molecule has 0 atom stereocenters. The zero-order valence-electron chi connectivity index (χ0n) is 11.8. The molecule has 0 amide bonds. The molecule has 1 aromatic carbocycles. The normalized spacial score (nSPS) is 9.10. The van der Waals surface area contributed by atoms with E-state index < -0.39 is 11.9 Å². The predicted octanol–water partition coefficient (Wildman–Crippen LogP) is 2.74. The summed E-state index contributed by atoms with van der Waals surface area (Å²) in [6.45, 7) is 3.63. The Bertz CT molecular complexity index is 588. The lowest BCUT2D eigenvalue weighted by molar-refractivity contribution is -0.146. The molecule has 0 bridgehead atoms. The molecule has 21 heavy (non-hydrogen) atoms. The van der Waals surface area contributed by atoms with Gasteiger partial charge < -0.3 is 9.47 Å². The molecule has 0 aliphatic heterocycles. The highest BCUT2D eigenvalue weighted by molar-refractivity contribution is 6.30. The summed E-state index contributed by atoms with van der Waals surface area (Å²) in [6, 6.07) is 6.93. The highest BCUT2D eigenvalue weighted by Gasteiger charge is 2.20. The number of carbonyl (C=O) groups is 2. The summed E-state index contributed by atoms with van der Waals surface area (Å²) in [5, 5.41) is 0.557. The zero-order valence-corrected chi connectivity index (χ0v) is 12.6. The van der Waals surface area contributed by atoms with E-state index in [1.807, 2.05) is 0 Å². The molecular weight excluding hydrogens is 292 g/mol. The van der Waals surface area contributed by atoms with Gasteiger partial charge in [0.05, 0.1) is 13.2 Å². The Labute approximate surface area is 128 Å². The zero-order chi connectivity index (χ0) is 15.7. The molecule has 0 aromatic heterocycles. The lowest BCUT2D eigenvalue weighted by Crippen LogP contribution is -2.18. The van der Waals surface area contributed by atoms with Crippen LogP contribution in [0.5, 0.6) is 0 Å². The quantitative estimate of drug-likeness (QED) is 0.282. The third-order valence-electron chi connectivity index (χ3n) is 2.25. The lowest BCUT2D eigenvalue weighted by Gasteiger charge is -2.04. The summed E-state index contributed by atoms with van der Waals surface area (Å²) >= 11 is 5.84. The molecule has 0 radical (unpaired) electrons. The van der Waals surface area contributed by atoms with Gasteiger partial charge in [0.15, 0.2) is 5.57 Å². The summed E-state index contributed by atoms with van der Waals surface area (Å²) in [7, 11) is 0. The van der Waals surface area contributed by atoms with Gasteiger partial charge in [-0.2, -0.15) is 0 Å². The van der Waals surface area contributed by atoms with Gasteiger partial charge in [0.25, 0.3) is 0 Å². The minimum absolute atomic E-state index is 0.164. The van der Waals surface area contributed by atoms with E-state index in [4.69, 9.17) is 21.1 Å². The maximum atomic E-state index is 11.7. The van der Waals surface area contributed by atoms with Crippen LogP contribution < -0.4 is 0 Å². The van der Waals surface area contributed by atoms with E-state index in [9.17, 15) is 9.59 Å². The number of halogens is 1. The number of esters is 2. The molecule has 0 aliphatic carbocycles. The number of benzene rings is 1. The summed E-state index contributed by atoms with van der Waals surface area (Å²) in [5.74, 6) is 3.91. The Kier molecular flexibility index (Phi) is 7.06. The molecule has 110 valence electrons. The SMILES string of the molecule is CCOC(=O)C(=CC#Cc1cccc(Cl)c1)C(=O)OCC. The van der Waals surface area contributed by atoms with Crippen molar-refractivity contribution in [1.29, 1.82) is 0 Å². The van der Waals surface area contributed by atoms with Crippen LogP contribution in [0.1, 0.15) is 19.4 Å². The van der Waals surface area contributed by atoms with Crippen LogP contribution in [-0.2, 0) is 19.1 Å². The van der Waals surface area contributed by atoms with Crippen LogP contribution in [0, 0.1) is 11.8 Å². The van der Waals surface area contributed by atoms with E-state index >= 15 is 0 Å². The third-order valence-corrected chi connectivity index (χ3v) is 2.48. The Morgan fingerprint density at radius 2 is 1.81 bits per heavy atom. The number of hydrogen-bond donors (Lipinski definition) is 0. The van der Waals surface area contributed by atoms with E-state index in [0.29, 0.717) is 10.6 Å².